The van der Waals surface area contributed by atoms with Crippen molar-refractivity contribution in [1.82, 2.24) is 14.8 Å². The Morgan fingerprint density at radius 3 is 2.64 bits per heavy atom. The number of hydrogen-bond acceptors (Lipinski definition) is 3. The van der Waals surface area contributed by atoms with E-state index in [9.17, 15) is 8.78 Å². The maximum absolute atomic E-state index is 13.9. The first-order chi connectivity index (χ1) is 10.6. The second-order valence-electron chi connectivity index (χ2n) is 6.14. The number of benzene rings is 1. The van der Waals surface area contributed by atoms with E-state index in [4.69, 9.17) is 0 Å². The van der Waals surface area contributed by atoms with Gasteiger partial charge in [-0.15, -0.1) is 10.2 Å². The molecule has 0 saturated heterocycles. The monoisotopic (exact) mass is 321 g/mol. The van der Waals surface area contributed by atoms with Gasteiger partial charge in [-0.25, -0.2) is 8.78 Å². The molecule has 1 heterocycles. The molecule has 3 nitrogen and oxygen atoms in total. The molecule has 0 spiro atoms. The molecule has 116 valence electrons. The van der Waals surface area contributed by atoms with Crippen molar-refractivity contribution in [2.75, 3.05) is 0 Å². The number of rotatable bonds is 5. The molecule has 2 aliphatic rings. The predicted octanol–water partition coefficient (Wildman–Crippen LogP) is 4.62. The standard InChI is InChI=1S/C16H17F2N3S/c1-9(13-8-11(17)4-7-14(13)18)22-16-20-19-15(10-2-3-10)21(16)12-5-6-12/h4,7-10,12H,2-3,5-6H2,1H3. The predicted molar refractivity (Wildman–Crippen MR) is 80.9 cm³/mol. The molecule has 22 heavy (non-hydrogen) atoms. The summed E-state index contributed by atoms with van der Waals surface area (Å²) in [7, 11) is 0. The van der Waals surface area contributed by atoms with Gasteiger partial charge < -0.3 is 4.57 Å². The summed E-state index contributed by atoms with van der Waals surface area (Å²) >= 11 is 1.46. The summed E-state index contributed by atoms with van der Waals surface area (Å²) in [6, 6.07) is 4.10. The largest absolute Gasteiger partial charge is 0.303 e. The van der Waals surface area contributed by atoms with Crippen molar-refractivity contribution in [1.29, 1.82) is 0 Å². The van der Waals surface area contributed by atoms with Gasteiger partial charge in [0.05, 0.1) is 0 Å². The van der Waals surface area contributed by atoms with Gasteiger partial charge in [0.15, 0.2) is 5.16 Å². The van der Waals surface area contributed by atoms with Crippen molar-refractivity contribution in [3.63, 3.8) is 0 Å². The van der Waals surface area contributed by atoms with Crippen LogP contribution >= 0.6 is 11.8 Å². The minimum Gasteiger partial charge on any atom is -0.303 e. The van der Waals surface area contributed by atoms with Gasteiger partial charge in [0.2, 0.25) is 0 Å². The first kappa shape index (κ1) is 14.2. The van der Waals surface area contributed by atoms with Crippen molar-refractivity contribution in [3.8, 4) is 0 Å². The van der Waals surface area contributed by atoms with E-state index in [1.54, 1.807) is 0 Å². The normalized spacial score (nSPS) is 19.4. The molecule has 1 aromatic carbocycles. The number of thioether (sulfide) groups is 1. The van der Waals surface area contributed by atoms with E-state index < -0.39 is 5.82 Å². The summed E-state index contributed by atoms with van der Waals surface area (Å²) < 4.78 is 29.5. The van der Waals surface area contributed by atoms with Gasteiger partial charge in [-0.3, -0.25) is 0 Å². The highest BCUT2D eigenvalue weighted by atomic mass is 32.2. The fraction of sp³-hybridized carbons (Fsp3) is 0.500. The number of hydrogen-bond donors (Lipinski definition) is 0. The molecule has 1 unspecified atom stereocenters. The maximum Gasteiger partial charge on any atom is 0.192 e. The van der Waals surface area contributed by atoms with E-state index in [0.717, 1.165) is 29.9 Å². The van der Waals surface area contributed by atoms with Crippen molar-refractivity contribution >= 4 is 11.8 Å². The average Bonchev–Trinajstić information content (AvgIpc) is 3.40. The third-order valence-electron chi connectivity index (χ3n) is 4.22. The van der Waals surface area contributed by atoms with E-state index in [2.05, 4.69) is 14.8 Å². The van der Waals surface area contributed by atoms with Gasteiger partial charge in [0.25, 0.3) is 0 Å². The van der Waals surface area contributed by atoms with Gasteiger partial charge in [0.1, 0.15) is 17.5 Å². The third kappa shape index (κ3) is 2.64. The molecule has 0 N–H and O–H groups in total. The number of aromatic nitrogens is 3. The van der Waals surface area contributed by atoms with Gasteiger partial charge in [-0.2, -0.15) is 0 Å². The van der Waals surface area contributed by atoms with E-state index >= 15 is 0 Å². The van der Waals surface area contributed by atoms with Crippen molar-refractivity contribution in [3.05, 3.63) is 41.2 Å². The highest BCUT2D eigenvalue weighted by Gasteiger charge is 2.36. The van der Waals surface area contributed by atoms with Crippen molar-refractivity contribution in [2.45, 2.75) is 55.0 Å². The Balaban J connectivity index is 1.61. The quantitative estimate of drug-likeness (QED) is 0.753. The lowest BCUT2D eigenvalue weighted by Gasteiger charge is -2.14. The molecule has 0 radical (unpaired) electrons. The smallest absolute Gasteiger partial charge is 0.192 e. The molecule has 4 rings (SSSR count). The van der Waals surface area contributed by atoms with Crippen LogP contribution in [0.15, 0.2) is 23.4 Å². The molecule has 1 atom stereocenters. The second-order valence-corrected chi connectivity index (χ2v) is 7.45. The topological polar surface area (TPSA) is 30.7 Å². The first-order valence-electron chi connectivity index (χ1n) is 7.70. The zero-order valence-corrected chi connectivity index (χ0v) is 13.1. The molecule has 2 saturated carbocycles. The molecule has 2 fully saturated rings. The molecule has 0 amide bonds. The van der Waals surface area contributed by atoms with Crippen LogP contribution in [0.3, 0.4) is 0 Å². The van der Waals surface area contributed by atoms with Crippen molar-refractivity contribution in [2.24, 2.45) is 0 Å². The van der Waals surface area contributed by atoms with Crippen LogP contribution in [-0.2, 0) is 0 Å². The Hall–Kier alpha value is -1.43. The van der Waals surface area contributed by atoms with Gasteiger partial charge >= 0.3 is 0 Å². The second kappa shape index (κ2) is 5.33. The van der Waals surface area contributed by atoms with Crippen LogP contribution in [0.25, 0.3) is 0 Å². The third-order valence-corrected chi connectivity index (χ3v) is 5.32. The van der Waals surface area contributed by atoms with Crippen LogP contribution in [-0.4, -0.2) is 14.8 Å². The van der Waals surface area contributed by atoms with Crippen LogP contribution in [0.5, 0.6) is 0 Å². The summed E-state index contributed by atoms with van der Waals surface area (Å²) in [5.41, 5.74) is 0.378. The highest BCUT2D eigenvalue weighted by Crippen LogP contribution is 2.47. The number of halogens is 2. The van der Waals surface area contributed by atoms with E-state index in [1.165, 1.54) is 36.7 Å². The molecule has 1 aromatic heterocycles. The average molecular weight is 321 g/mol. The van der Waals surface area contributed by atoms with Crippen LogP contribution in [0.4, 0.5) is 8.78 Å². The van der Waals surface area contributed by atoms with Crippen LogP contribution in [0.1, 0.15) is 61.2 Å². The molecule has 0 bridgehead atoms. The SMILES string of the molecule is CC(Sc1nnc(C2CC2)n1C1CC1)c1cc(F)ccc1F. The molecular weight excluding hydrogens is 304 g/mol. The molecule has 2 aromatic rings. The molecule has 2 aliphatic carbocycles. The van der Waals surface area contributed by atoms with Gasteiger partial charge in [0, 0.05) is 22.8 Å². The number of nitrogens with zero attached hydrogens (tertiary/aromatic N) is 3. The highest BCUT2D eigenvalue weighted by molar-refractivity contribution is 7.99. The van der Waals surface area contributed by atoms with Gasteiger partial charge in [-0.05, 0) is 50.8 Å². The minimum atomic E-state index is -0.411. The Labute approximate surface area is 132 Å². The maximum atomic E-state index is 13.9. The molecule has 0 aliphatic heterocycles. The van der Waals surface area contributed by atoms with Gasteiger partial charge in [-0.1, -0.05) is 11.8 Å². The summed E-state index contributed by atoms with van der Waals surface area (Å²) in [4.78, 5) is 0. The summed E-state index contributed by atoms with van der Waals surface area (Å²) in [5.74, 6) is 0.841. The van der Waals surface area contributed by atoms with Crippen LogP contribution in [0.2, 0.25) is 0 Å². The van der Waals surface area contributed by atoms with Crippen LogP contribution in [0, 0.1) is 11.6 Å². The molecule has 6 heteroatoms. The van der Waals surface area contributed by atoms with E-state index in [1.807, 2.05) is 6.92 Å². The minimum absolute atomic E-state index is 0.204. The fourth-order valence-corrected chi connectivity index (χ4v) is 3.78. The van der Waals surface area contributed by atoms with E-state index in [0.29, 0.717) is 17.5 Å². The Bertz CT molecular complexity index is 707. The summed E-state index contributed by atoms with van der Waals surface area (Å²) in [6.45, 7) is 1.88. The zero-order valence-electron chi connectivity index (χ0n) is 12.3. The lowest BCUT2D eigenvalue weighted by molar-refractivity contribution is 0.585. The summed E-state index contributed by atoms with van der Waals surface area (Å²) in [6.07, 6.45) is 4.69. The Morgan fingerprint density at radius 2 is 1.95 bits per heavy atom. The fourth-order valence-electron chi connectivity index (χ4n) is 2.71. The molecular formula is C16H17F2N3S. The lowest BCUT2D eigenvalue weighted by Crippen LogP contribution is -2.03. The van der Waals surface area contributed by atoms with Crippen molar-refractivity contribution < 1.29 is 8.78 Å². The van der Waals surface area contributed by atoms with E-state index in [-0.39, 0.29) is 11.1 Å². The lowest BCUT2D eigenvalue weighted by atomic mass is 10.1. The Kier molecular flexibility index (Phi) is 3.44. The van der Waals surface area contributed by atoms with Crippen LogP contribution < -0.4 is 0 Å². The zero-order chi connectivity index (χ0) is 15.3. The first-order valence-corrected chi connectivity index (χ1v) is 8.58. The summed E-state index contributed by atoms with van der Waals surface area (Å²) in [5, 5.41) is 9.30. The Morgan fingerprint density at radius 1 is 1.18 bits per heavy atom.